The molecule has 0 bridgehead atoms. The van der Waals surface area contributed by atoms with Crippen LogP contribution in [0.1, 0.15) is 23.2 Å². The third-order valence-corrected chi connectivity index (χ3v) is 4.22. The van der Waals surface area contributed by atoms with Gasteiger partial charge in [0.1, 0.15) is 11.9 Å². The molecule has 1 N–H and O–H groups in total. The molecular formula is C17H15F2N3O5. The van der Waals surface area contributed by atoms with Crippen molar-refractivity contribution in [3.8, 4) is 5.75 Å². The molecule has 0 atom stereocenters. The maximum atomic E-state index is 13.7. The summed E-state index contributed by atoms with van der Waals surface area (Å²) < 4.78 is 32.2. The number of anilines is 1. The Bertz CT molecular complexity index is 885. The summed E-state index contributed by atoms with van der Waals surface area (Å²) in [6.07, 6.45) is 1.62. The molecule has 1 aromatic heterocycles. The number of aromatic nitrogens is 1. The normalized spacial score (nSPS) is 14.8. The Labute approximate surface area is 152 Å². The number of halogens is 2. The summed E-state index contributed by atoms with van der Waals surface area (Å²) in [6.45, 7) is 0.710. The van der Waals surface area contributed by atoms with Crippen molar-refractivity contribution in [3.05, 3.63) is 57.8 Å². The van der Waals surface area contributed by atoms with Gasteiger partial charge in [0.2, 0.25) is 5.82 Å². The maximum absolute atomic E-state index is 13.7. The molecule has 0 amide bonds. The van der Waals surface area contributed by atoms with Crippen molar-refractivity contribution in [2.24, 2.45) is 0 Å². The van der Waals surface area contributed by atoms with Gasteiger partial charge in [-0.2, -0.15) is 0 Å². The second-order valence-corrected chi connectivity index (χ2v) is 6.01. The molecule has 1 fully saturated rings. The zero-order chi connectivity index (χ0) is 19.6. The van der Waals surface area contributed by atoms with E-state index < -0.39 is 22.5 Å². The third kappa shape index (κ3) is 4.10. The van der Waals surface area contributed by atoms with Crippen molar-refractivity contribution in [2.45, 2.75) is 18.9 Å². The average Bonchev–Trinajstić information content (AvgIpc) is 2.64. The van der Waals surface area contributed by atoms with Gasteiger partial charge in [0, 0.05) is 44.3 Å². The molecule has 0 unspecified atom stereocenters. The molecule has 0 saturated carbocycles. The van der Waals surface area contributed by atoms with Crippen LogP contribution in [0.15, 0.2) is 30.5 Å². The molecule has 1 aliphatic rings. The van der Waals surface area contributed by atoms with E-state index >= 15 is 0 Å². The fourth-order valence-corrected chi connectivity index (χ4v) is 2.88. The van der Waals surface area contributed by atoms with Crippen LogP contribution in [0.25, 0.3) is 0 Å². The van der Waals surface area contributed by atoms with Gasteiger partial charge in [-0.05, 0) is 12.1 Å². The number of nitro groups is 1. The van der Waals surface area contributed by atoms with E-state index in [4.69, 9.17) is 9.84 Å². The lowest BCUT2D eigenvalue weighted by Crippen LogP contribution is -2.39. The van der Waals surface area contributed by atoms with Gasteiger partial charge in [0.25, 0.3) is 0 Å². The molecule has 2 heterocycles. The quantitative estimate of drug-likeness (QED) is 0.629. The first-order valence-corrected chi connectivity index (χ1v) is 8.09. The summed E-state index contributed by atoms with van der Waals surface area (Å²) in [6, 6.07) is 4.03. The Hall–Kier alpha value is -3.30. The van der Waals surface area contributed by atoms with Gasteiger partial charge in [0.05, 0.1) is 10.5 Å². The highest BCUT2D eigenvalue weighted by atomic mass is 19.1. The number of hydrogen-bond donors (Lipinski definition) is 1. The van der Waals surface area contributed by atoms with Gasteiger partial charge in [0.15, 0.2) is 11.6 Å². The smallest absolute Gasteiger partial charge is 0.337 e. The second-order valence-electron chi connectivity index (χ2n) is 6.01. The van der Waals surface area contributed by atoms with Crippen LogP contribution < -0.4 is 9.64 Å². The number of hydrogen-bond acceptors (Lipinski definition) is 6. The molecule has 1 aliphatic heterocycles. The Morgan fingerprint density at radius 3 is 2.59 bits per heavy atom. The van der Waals surface area contributed by atoms with E-state index in [1.54, 1.807) is 4.90 Å². The van der Waals surface area contributed by atoms with Crippen LogP contribution in [0.4, 0.5) is 20.3 Å². The van der Waals surface area contributed by atoms with Crippen LogP contribution >= 0.6 is 0 Å². The van der Waals surface area contributed by atoms with Gasteiger partial charge in [-0.25, -0.2) is 18.6 Å². The zero-order valence-electron chi connectivity index (χ0n) is 14.0. The zero-order valence-corrected chi connectivity index (χ0v) is 14.0. The molecule has 0 aliphatic carbocycles. The molecular weight excluding hydrogens is 364 g/mol. The minimum Gasteiger partial charge on any atom is -0.487 e. The van der Waals surface area contributed by atoms with Gasteiger partial charge >= 0.3 is 11.7 Å². The molecule has 8 nitrogen and oxygen atoms in total. The van der Waals surface area contributed by atoms with E-state index in [9.17, 15) is 23.7 Å². The Morgan fingerprint density at radius 1 is 1.30 bits per heavy atom. The summed E-state index contributed by atoms with van der Waals surface area (Å²) in [5.74, 6) is -2.76. The fourth-order valence-electron chi connectivity index (χ4n) is 2.88. The first-order valence-electron chi connectivity index (χ1n) is 8.09. The number of benzene rings is 1. The topological polar surface area (TPSA) is 106 Å². The van der Waals surface area contributed by atoms with Crippen molar-refractivity contribution < 1.29 is 28.3 Å². The number of nitrogens with zero attached hydrogens (tertiary/aromatic N) is 3. The first kappa shape index (κ1) is 18.5. The van der Waals surface area contributed by atoms with E-state index in [0.717, 1.165) is 24.4 Å². The number of carbonyl (C=O) groups is 1. The molecule has 1 aromatic carbocycles. The Kier molecular flexibility index (Phi) is 5.15. The summed E-state index contributed by atoms with van der Waals surface area (Å²) in [5.41, 5.74) is -0.658. The number of ether oxygens (including phenoxy) is 1. The van der Waals surface area contributed by atoms with Crippen molar-refractivity contribution in [1.29, 1.82) is 0 Å². The van der Waals surface area contributed by atoms with Crippen LogP contribution in [-0.2, 0) is 0 Å². The van der Waals surface area contributed by atoms with Crippen LogP contribution in [0, 0.1) is 21.7 Å². The third-order valence-electron chi connectivity index (χ3n) is 4.22. The van der Waals surface area contributed by atoms with Gasteiger partial charge in [-0.15, -0.1) is 0 Å². The van der Waals surface area contributed by atoms with Crippen LogP contribution in [0.3, 0.4) is 0 Å². The van der Waals surface area contributed by atoms with Crippen LogP contribution in [-0.4, -0.2) is 40.2 Å². The summed E-state index contributed by atoms with van der Waals surface area (Å²) in [7, 11) is 0. The number of carboxylic acids is 1. The summed E-state index contributed by atoms with van der Waals surface area (Å²) in [4.78, 5) is 27.2. The largest absolute Gasteiger partial charge is 0.487 e. The van der Waals surface area contributed by atoms with E-state index in [1.165, 1.54) is 6.07 Å². The molecule has 2 aromatic rings. The number of rotatable bonds is 5. The molecule has 0 spiro atoms. The average molecular weight is 379 g/mol. The highest BCUT2D eigenvalue weighted by Crippen LogP contribution is 2.30. The monoisotopic (exact) mass is 379 g/mol. The van der Waals surface area contributed by atoms with Crippen molar-refractivity contribution >= 4 is 17.5 Å². The summed E-state index contributed by atoms with van der Waals surface area (Å²) in [5, 5.41) is 20.2. The number of carboxylic acid groups (broad SMARTS) is 1. The van der Waals surface area contributed by atoms with E-state index in [0.29, 0.717) is 25.9 Å². The number of aromatic carboxylic acids is 1. The Morgan fingerprint density at radius 2 is 2.00 bits per heavy atom. The highest BCUT2D eigenvalue weighted by Gasteiger charge is 2.28. The summed E-state index contributed by atoms with van der Waals surface area (Å²) >= 11 is 0. The van der Waals surface area contributed by atoms with Gasteiger partial charge in [-0.3, -0.25) is 10.1 Å². The minimum absolute atomic E-state index is 0.0511. The van der Waals surface area contributed by atoms with E-state index in [-0.39, 0.29) is 28.9 Å². The molecule has 3 rings (SSSR count). The Balaban J connectivity index is 1.70. The van der Waals surface area contributed by atoms with Crippen LogP contribution in [0.5, 0.6) is 5.75 Å². The molecule has 1 saturated heterocycles. The standard InChI is InChI=1S/C17H15F2N3O5/c18-11-1-2-15(13(19)8-11)27-12-3-5-21(6-4-12)16-14(22(25)26)7-10(9-20-16)17(23)24/h1-2,7-9,12H,3-6H2,(H,23,24). The molecule has 27 heavy (non-hydrogen) atoms. The predicted octanol–water partition coefficient (Wildman–Crippen LogP) is 3.01. The lowest BCUT2D eigenvalue weighted by atomic mass is 10.1. The number of piperidine rings is 1. The van der Waals surface area contributed by atoms with Crippen LogP contribution in [0.2, 0.25) is 0 Å². The van der Waals surface area contributed by atoms with Gasteiger partial charge < -0.3 is 14.7 Å². The molecule has 142 valence electrons. The van der Waals surface area contributed by atoms with Crippen molar-refractivity contribution in [3.63, 3.8) is 0 Å². The maximum Gasteiger partial charge on any atom is 0.337 e. The lowest BCUT2D eigenvalue weighted by molar-refractivity contribution is -0.384. The molecule has 0 radical (unpaired) electrons. The molecule has 10 heteroatoms. The van der Waals surface area contributed by atoms with E-state index in [1.807, 2.05) is 0 Å². The fraction of sp³-hybridized carbons (Fsp3) is 0.294. The minimum atomic E-state index is -1.30. The second kappa shape index (κ2) is 7.52. The lowest BCUT2D eigenvalue weighted by Gasteiger charge is -2.32. The number of pyridine rings is 1. The van der Waals surface area contributed by atoms with Crippen molar-refractivity contribution in [1.82, 2.24) is 4.98 Å². The van der Waals surface area contributed by atoms with Gasteiger partial charge in [-0.1, -0.05) is 0 Å². The van der Waals surface area contributed by atoms with E-state index in [2.05, 4.69) is 4.98 Å². The first-order chi connectivity index (χ1) is 12.8. The highest BCUT2D eigenvalue weighted by molar-refractivity contribution is 5.88. The van der Waals surface area contributed by atoms with Crippen molar-refractivity contribution in [2.75, 3.05) is 18.0 Å². The SMILES string of the molecule is O=C(O)c1cnc(N2CCC(Oc3ccc(F)cc3F)CC2)c([N+](=O)[O-])c1. The predicted molar refractivity (Wildman–Crippen MR) is 90.1 cm³/mol.